The zero-order valence-corrected chi connectivity index (χ0v) is 19.3. The molecule has 0 spiro atoms. The van der Waals surface area contributed by atoms with Gasteiger partial charge in [-0.3, -0.25) is 0 Å². The molecule has 3 heteroatoms. The van der Waals surface area contributed by atoms with Crippen LogP contribution in [0.4, 0.5) is 0 Å². The van der Waals surface area contributed by atoms with Gasteiger partial charge in [-0.15, -0.1) is 0 Å². The zero-order valence-electron chi connectivity index (χ0n) is 17.3. The summed E-state index contributed by atoms with van der Waals surface area (Å²) in [5.74, 6) is 0. The summed E-state index contributed by atoms with van der Waals surface area (Å²) in [6.07, 6.45) is 11.4. The van der Waals surface area contributed by atoms with E-state index in [0.717, 1.165) is 0 Å². The van der Waals surface area contributed by atoms with Gasteiger partial charge in [-0.05, 0) is 43.2 Å². The van der Waals surface area contributed by atoms with Crippen molar-refractivity contribution in [2.45, 2.75) is 123 Å². The SMILES string of the molecule is CCCCN([Si](CC)CC)[Si](CCCC)(CCCC)CCCC. The number of hydrogen-bond donors (Lipinski definition) is 0. The fourth-order valence-electron chi connectivity index (χ4n) is 3.98. The Bertz CT molecular complexity index is 232. The molecule has 1 radical (unpaired) electrons. The van der Waals surface area contributed by atoms with E-state index in [0.29, 0.717) is 0 Å². The van der Waals surface area contributed by atoms with Crippen molar-refractivity contribution in [3.8, 4) is 0 Å². The first-order valence-corrected chi connectivity index (χ1v) is 15.2. The van der Waals surface area contributed by atoms with E-state index < -0.39 is 8.24 Å². The van der Waals surface area contributed by atoms with Crippen molar-refractivity contribution in [2.75, 3.05) is 6.54 Å². The van der Waals surface area contributed by atoms with Crippen LogP contribution in [0.3, 0.4) is 0 Å². The van der Waals surface area contributed by atoms with Crippen LogP contribution in [0.15, 0.2) is 0 Å². The van der Waals surface area contributed by atoms with Crippen LogP contribution in [0.1, 0.15) is 92.9 Å². The second-order valence-corrected chi connectivity index (χ2v) is 15.3. The van der Waals surface area contributed by atoms with E-state index in [-0.39, 0.29) is 8.96 Å². The molecule has 0 aromatic rings. The molecule has 0 aliphatic carbocycles. The number of unbranched alkanes of at least 4 members (excludes halogenated alkanes) is 4. The summed E-state index contributed by atoms with van der Waals surface area (Å²) >= 11 is 0. The fraction of sp³-hybridized carbons (Fsp3) is 1.00. The molecule has 0 aromatic carbocycles. The third kappa shape index (κ3) is 8.35. The molecular formula is C20H46NSi2. The largest absolute Gasteiger partial charge is 0.346 e. The third-order valence-electron chi connectivity index (χ3n) is 5.49. The smallest absolute Gasteiger partial charge is 0.128 e. The highest BCUT2D eigenvalue weighted by atomic mass is 28.4. The van der Waals surface area contributed by atoms with Gasteiger partial charge in [-0.25, -0.2) is 0 Å². The Morgan fingerprint density at radius 2 is 1.00 bits per heavy atom. The van der Waals surface area contributed by atoms with Crippen LogP contribution < -0.4 is 0 Å². The molecule has 0 saturated heterocycles. The van der Waals surface area contributed by atoms with Gasteiger partial charge in [0, 0.05) is 0 Å². The molecule has 0 saturated carbocycles. The fourth-order valence-corrected chi connectivity index (χ4v) is 15.6. The summed E-state index contributed by atoms with van der Waals surface area (Å²) in [7, 11) is -1.54. The number of hydrogen-bond acceptors (Lipinski definition) is 1. The van der Waals surface area contributed by atoms with E-state index in [1.54, 1.807) is 18.1 Å². The molecule has 0 aromatic heterocycles. The molecule has 23 heavy (non-hydrogen) atoms. The first-order valence-electron chi connectivity index (χ1n) is 10.8. The van der Waals surface area contributed by atoms with Crippen molar-refractivity contribution in [2.24, 2.45) is 0 Å². The summed E-state index contributed by atoms with van der Waals surface area (Å²) in [5, 5.41) is 0. The van der Waals surface area contributed by atoms with Crippen LogP contribution in [-0.2, 0) is 0 Å². The molecule has 0 rings (SSSR count). The Morgan fingerprint density at radius 1 is 0.609 bits per heavy atom. The molecule has 0 fully saturated rings. The maximum Gasteiger partial charge on any atom is 0.128 e. The van der Waals surface area contributed by atoms with Gasteiger partial charge < -0.3 is 4.23 Å². The van der Waals surface area contributed by atoms with Crippen LogP contribution in [0.25, 0.3) is 0 Å². The minimum absolute atomic E-state index is 0.285. The number of nitrogens with zero attached hydrogens (tertiary/aromatic N) is 1. The summed E-state index contributed by atoms with van der Waals surface area (Å²) in [6, 6.07) is 7.65. The standard InChI is InChI=1S/C20H46NSi2/c1-7-13-17-21(22(11-5)12-6)23(18-14-8-2,19-15-9-3)20-16-10-4/h7-20H2,1-6H3. The Morgan fingerprint density at radius 3 is 1.30 bits per heavy atom. The molecule has 0 amide bonds. The highest BCUT2D eigenvalue weighted by Gasteiger charge is 2.40. The van der Waals surface area contributed by atoms with Gasteiger partial charge >= 0.3 is 0 Å². The molecule has 0 aliphatic rings. The zero-order chi connectivity index (χ0) is 17.6. The first kappa shape index (κ1) is 23.4. The maximum absolute atomic E-state index is 3.24. The molecule has 0 unspecified atom stereocenters. The molecule has 0 atom stereocenters. The Labute approximate surface area is 151 Å². The van der Waals surface area contributed by atoms with Crippen molar-refractivity contribution in [1.82, 2.24) is 4.23 Å². The average Bonchev–Trinajstić information content (AvgIpc) is 2.58. The van der Waals surface area contributed by atoms with E-state index in [2.05, 4.69) is 45.8 Å². The maximum atomic E-state index is 3.24. The minimum atomic E-state index is -1.25. The Hall–Kier alpha value is 0.394. The first-order chi connectivity index (χ1) is 11.2. The predicted molar refractivity (Wildman–Crippen MR) is 113 cm³/mol. The quantitative estimate of drug-likeness (QED) is 0.259. The molecule has 0 aliphatic heterocycles. The van der Waals surface area contributed by atoms with Crippen molar-refractivity contribution < 1.29 is 0 Å². The van der Waals surface area contributed by atoms with Crippen LogP contribution in [0, 0.1) is 0 Å². The van der Waals surface area contributed by atoms with E-state index in [4.69, 9.17) is 0 Å². The van der Waals surface area contributed by atoms with Crippen LogP contribution >= 0.6 is 0 Å². The summed E-state index contributed by atoms with van der Waals surface area (Å²) < 4.78 is 3.24. The Kier molecular flexibility index (Phi) is 15.0. The van der Waals surface area contributed by atoms with Crippen molar-refractivity contribution in [3.63, 3.8) is 0 Å². The predicted octanol–water partition coefficient (Wildman–Crippen LogP) is 7.47. The third-order valence-corrected chi connectivity index (χ3v) is 15.7. The van der Waals surface area contributed by atoms with Crippen molar-refractivity contribution in [3.05, 3.63) is 0 Å². The van der Waals surface area contributed by atoms with E-state index in [9.17, 15) is 0 Å². The lowest BCUT2D eigenvalue weighted by Gasteiger charge is -2.47. The van der Waals surface area contributed by atoms with Crippen LogP contribution in [-0.4, -0.2) is 28.0 Å². The van der Waals surface area contributed by atoms with Gasteiger partial charge in [0.25, 0.3) is 0 Å². The summed E-state index contributed by atoms with van der Waals surface area (Å²) in [5.41, 5.74) is 0. The highest BCUT2D eigenvalue weighted by Crippen LogP contribution is 2.34. The van der Waals surface area contributed by atoms with Crippen molar-refractivity contribution >= 4 is 17.2 Å². The van der Waals surface area contributed by atoms with Gasteiger partial charge in [0.2, 0.25) is 0 Å². The summed E-state index contributed by atoms with van der Waals surface area (Å²) in [4.78, 5) is 0. The van der Waals surface area contributed by atoms with Gasteiger partial charge in [0.15, 0.2) is 0 Å². The lowest BCUT2D eigenvalue weighted by molar-refractivity contribution is 0.548. The second-order valence-electron chi connectivity index (χ2n) is 7.31. The average molecular weight is 357 g/mol. The summed E-state index contributed by atoms with van der Waals surface area (Å²) in [6.45, 7) is 15.9. The lowest BCUT2D eigenvalue weighted by atomic mass is 10.3. The van der Waals surface area contributed by atoms with E-state index in [1.807, 2.05) is 0 Å². The molecule has 1 nitrogen and oxygen atoms in total. The van der Waals surface area contributed by atoms with E-state index in [1.165, 1.54) is 70.0 Å². The molecule has 0 bridgehead atoms. The van der Waals surface area contributed by atoms with Crippen LogP contribution in [0.5, 0.6) is 0 Å². The van der Waals surface area contributed by atoms with Gasteiger partial charge in [-0.1, -0.05) is 86.5 Å². The molecule has 0 heterocycles. The normalized spacial score (nSPS) is 12.5. The minimum Gasteiger partial charge on any atom is -0.346 e. The van der Waals surface area contributed by atoms with Crippen LogP contribution in [0.2, 0.25) is 30.2 Å². The molecule has 139 valence electrons. The van der Waals surface area contributed by atoms with Crippen molar-refractivity contribution in [1.29, 1.82) is 0 Å². The molecule has 0 N–H and O–H groups in total. The van der Waals surface area contributed by atoms with Gasteiger partial charge in [0.05, 0.1) is 0 Å². The lowest BCUT2D eigenvalue weighted by Crippen LogP contribution is -2.59. The molecular weight excluding hydrogens is 310 g/mol. The second kappa shape index (κ2) is 14.7. The number of rotatable bonds is 16. The van der Waals surface area contributed by atoms with Gasteiger partial charge in [-0.2, -0.15) is 0 Å². The monoisotopic (exact) mass is 356 g/mol. The van der Waals surface area contributed by atoms with Gasteiger partial charge in [0.1, 0.15) is 17.2 Å². The Balaban J connectivity index is 5.48. The highest BCUT2D eigenvalue weighted by molar-refractivity contribution is 6.85. The topological polar surface area (TPSA) is 3.24 Å². The van der Waals surface area contributed by atoms with E-state index >= 15 is 0 Å².